The van der Waals surface area contributed by atoms with Crippen LogP contribution in [-0.2, 0) is 0 Å². The molecule has 2 rings (SSSR count). The van der Waals surface area contributed by atoms with Crippen LogP contribution in [0.5, 0.6) is 0 Å². The third kappa shape index (κ3) is 0.934. The molecule has 0 spiro atoms. The number of amides is 1. The van der Waals surface area contributed by atoms with E-state index in [0.29, 0.717) is 5.56 Å². The molecule has 0 radical (unpaired) electrons. The van der Waals surface area contributed by atoms with Gasteiger partial charge in [-0.3, -0.25) is 9.78 Å². The van der Waals surface area contributed by atoms with E-state index in [-0.39, 0.29) is 0 Å². The fraction of sp³-hybridized carbons (Fsp3) is 0. The molecule has 0 bridgehead atoms. The van der Waals surface area contributed by atoms with Gasteiger partial charge in [0, 0.05) is 12.4 Å². The number of nitrogens with zero attached hydrogens (tertiary/aromatic N) is 1. The molecule has 2 aromatic rings. The molecule has 4 nitrogen and oxygen atoms in total. The number of rotatable bonds is 1. The monoisotopic (exact) mass is 161 g/mol. The summed E-state index contributed by atoms with van der Waals surface area (Å²) < 4.78 is 0. The minimum absolute atomic E-state index is 0.421. The highest BCUT2D eigenvalue weighted by atomic mass is 16.1. The molecule has 1 amide bonds. The SMILES string of the molecule is NC(=O)c1cnc2cc[nH]c2c1. The minimum atomic E-state index is -0.459. The van der Waals surface area contributed by atoms with E-state index in [4.69, 9.17) is 5.73 Å². The van der Waals surface area contributed by atoms with Gasteiger partial charge in [0.05, 0.1) is 16.6 Å². The maximum Gasteiger partial charge on any atom is 0.250 e. The fourth-order valence-electron chi connectivity index (χ4n) is 1.07. The van der Waals surface area contributed by atoms with Crippen LogP contribution in [0.4, 0.5) is 0 Å². The maximum absolute atomic E-state index is 10.7. The van der Waals surface area contributed by atoms with E-state index < -0.39 is 5.91 Å². The number of carbonyl (C=O) groups excluding carboxylic acids is 1. The molecule has 12 heavy (non-hydrogen) atoms. The van der Waals surface area contributed by atoms with Gasteiger partial charge in [-0.2, -0.15) is 0 Å². The lowest BCUT2D eigenvalue weighted by atomic mass is 10.2. The van der Waals surface area contributed by atoms with Gasteiger partial charge in [-0.05, 0) is 12.1 Å². The van der Waals surface area contributed by atoms with Crippen molar-refractivity contribution in [1.29, 1.82) is 0 Å². The topological polar surface area (TPSA) is 71.8 Å². The van der Waals surface area contributed by atoms with Crippen molar-refractivity contribution < 1.29 is 4.79 Å². The zero-order valence-electron chi connectivity index (χ0n) is 6.24. The van der Waals surface area contributed by atoms with E-state index in [2.05, 4.69) is 9.97 Å². The van der Waals surface area contributed by atoms with Gasteiger partial charge < -0.3 is 10.7 Å². The second-order valence-corrected chi connectivity index (χ2v) is 2.50. The summed E-state index contributed by atoms with van der Waals surface area (Å²) >= 11 is 0. The van der Waals surface area contributed by atoms with Crippen molar-refractivity contribution in [2.75, 3.05) is 0 Å². The number of nitrogens with one attached hydrogen (secondary N) is 1. The molecule has 0 unspecified atom stereocenters. The average molecular weight is 161 g/mol. The number of aromatic nitrogens is 2. The van der Waals surface area contributed by atoms with Gasteiger partial charge in [0.15, 0.2) is 0 Å². The highest BCUT2D eigenvalue weighted by Gasteiger charge is 2.02. The van der Waals surface area contributed by atoms with Gasteiger partial charge in [0.2, 0.25) is 5.91 Å². The molecule has 0 fully saturated rings. The lowest BCUT2D eigenvalue weighted by molar-refractivity contribution is 0.1000. The Balaban J connectivity index is 2.68. The summed E-state index contributed by atoms with van der Waals surface area (Å²) in [7, 11) is 0. The summed E-state index contributed by atoms with van der Waals surface area (Å²) in [4.78, 5) is 17.7. The molecule has 2 aromatic heterocycles. The number of pyridine rings is 1. The van der Waals surface area contributed by atoms with Crippen LogP contribution in [0.15, 0.2) is 24.5 Å². The number of aromatic amines is 1. The third-order valence-corrected chi connectivity index (χ3v) is 1.68. The Morgan fingerprint density at radius 2 is 2.42 bits per heavy atom. The predicted molar refractivity (Wildman–Crippen MR) is 44.6 cm³/mol. The first kappa shape index (κ1) is 6.84. The minimum Gasteiger partial charge on any atom is -0.366 e. The van der Waals surface area contributed by atoms with Gasteiger partial charge in [0.1, 0.15) is 0 Å². The van der Waals surface area contributed by atoms with E-state index in [1.807, 2.05) is 6.07 Å². The van der Waals surface area contributed by atoms with Crippen LogP contribution in [0.25, 0.3) is 11.0 Å². The summed E-state index contributed by atoms with van der Waals surface area (Å²) in [6.07, 6.45) is 3.24. The number of hydrogen-bond acceptors (Lipinski definition) is 2. The van der Waals surface area contributed by atoms with Crippen molar-refractivity contribution in [2.45, 2.75) is 0 Å². The van der Waals surface area contributed by atoms with Crippen LogP contribution in [-0.4, -0.2) is 15.9 Å². The van der Waals surface area contributed by atoms with E-state index in [1.54, 1.807) is 12.3 Å². The second kappa shape index (κ2) is 2.34. The van der Waals surface area contributed by atoms with E-state index in [1.165, 1.54) is 6.20 Å². The number of carbonyl (C=O) groups is 1. The summed E-state index contributed by atoms with van der Waals surface area (Å²) in [5.74, 6) is -0.459. The zero-order valence-corrected chi connectivity index (χ0v) is 6.24. The van der Waals surface area contributed by atoms with Crippen molar-refractivity contribution in [3.05, 3.63) is 30.1 Å². The Bertz CT molecular complexity index is 433. The second-order valence-electron chi connectivity index (χ2n) is 2.50. The third-order valence-electron chi connectivity index (χ3n) is 1.68. The average Bonchev–Trinajstić information content (AvgIpc) is 2.49. The van der Waals surface area contributed by atoms with Gasteiger partial charge >= 0.3 is 0 Å². The fourth-order valence-corrected chi connectivity index (χ4v) is 1.07. The van der Waals surface area contributed by atoms with Gasteiger partial charge in [-0.1, -0.05) is 0 Å². The molecule has 2 heterocycles. The molecule has 4 heteroatoms. The normalized spacial score (nSPS) is 10.3. The first-order valence-electron chi connectivity index (χ1n) is 3.50. The number of fused-ring (bicyclic) bond motifs is 1. The van der Waals surface area contributed by atoms with Crippen LogP contribution in [0, 0.1) is 0 Å². The van der Waals surface area contributed by atoms with Crippen LogP contribution in [0.1, 0.15) is 10.4 Å². The van der Waals surface area contributed by atoms with Gasteiger partial charge in [-0.25, -0.2) is 0 Å². The quantitative estimate of drug-likeness (QED) is 0.644. The number of primary amides is 1. The standard InChI is InChI=1S/C8H7N3O/c9-8(12)5-3-7-6(11-4-5)1-2-10-7/h1-4,10H,(H2,9,12). The van der Waals surface area contributed by atoms with Gasteiger partial charge in [0.25, 0.3) is 0 Å². The van der Waals surface area contributed by atoms with E-state index in [0.717, 1.165) is 11.0 Å². The molecular formula is C8H7N3O. The lowest BCUT2D eigenvalue weighted by Gasteiger charge is -1.93. The van der Waals surface area contributed by atoms with Crippen LogP contribution < -0.4 is 5.73 Å². The highest BCUT2D eigenvalue weighted by Crippen LogP contribution is 2.09. The van der Waals surface area contributed by atoms with Crippen LogP contribution in [0.2, 0.25) is 0 Å². The molecule has 3 N–H and O–H groups in total. The maximum atomic E-state index is 10.7. The first-order chi connectivity index (χ1) is 5.77. The van der Waals surface area contributed by atoms with E-state index >= 15 is 0 Å². The van der Waals surface area contributed by atoms with Crippen molar-refractivity contribution in [3.63, 3.8) is 0 Å². The Morgan fingerprint density at radius 1 is 1.58 bits per heavy atom. The summed E-state index contributed by atoms with van der Waals surface area (Å²) in [5, 5.41) is 0. The Morgan fingerprint density at radius 3 is 3.17 bits per heavy atom. The Kier molecular flexibility index (Phi) is 1.33. The number of H-pyrrole nitrogens is 1. The molecule has 0 atom stereocenters. The van der Waals surface area contributed by atoms with Crippen molar-refractivity contribution >= 4 is 16.9 Å². The summed E-state index contributed by atoms with van der Waals surface area (Å²) in [6.45, 7) is 0. The van der Waals surface area contributed by atoms with E-state index in [9.17, 15) is 4.79 Å². The Hall–Kier alpha value is -1.84. The molecule has 0 aliphatic carbocycles. The molecule has 0 aliphatic heterocycles. The largest absolute Gasteiger partial charge is 0.366 e. The molecule has 0 saturated heterocycles. The molecule has 0 saturated carbocycles. The van der Waals surface area contributed by atoms with Crippen LogP contribution in [0.3, 0.4) is 0 Å². The zero-order chi connectivity index (χ0) is 8.55. The number of hydrogen-bond donors (Lipinski definition) is 2. The van der Waals surface area contributed by atoms with Crippen LogP contribution >= 0.6 is 0 Å². The molecule has 60 valence electrons. The molecule has 0 aliphatic rings. The lowest BCUT2D eigenvalue weighted by Crippen LogP contribution is -2.10. The smallest absolute Gasteiger partial charge is 0.250 e. The van der Waals surface area contributed by atoms with Crippen molar-refractivity contribution in [3.8, 4) is 0 Å². The molecular weight excluding hydrogens is 154 g/mol. The summed E-state index contributed by atoms with van der Waals surface area (Å²) in [5.41, 5.74) is 7.16. The number of nitrogens with two attached hydrogens (primary N) is 1. The predicted octanol–water partition coefficient (Wildman–Crippen LogP) is 0.662. The van der Waals surface area contributed by atoms with Crippen molar-refractivity contribution in [1.82, 2.24) is 9.97 Å². The van der Waals surface area contributed by atoms with Crippen molar-refractivity contribution in [2.24, 2.45) is 5.73 Å². The highest BCUT2D eigenvalue weighted by molar-refractivity contribution is 5.95. The first-order valence-corrected chi connectivity index (χ1v) is 3.50. The Labute approximate surface area is 68.4 Å². The summed E-state index contributed by atoms with van der Waals surface area (Å²) in [6, 6.07) is 3.52. The van der Waals surface area contributed by atoms with Gasteiger partial charge in [-0.15, -0.1) is 0 Å². The molecule has 0 aromatic carbocycles.